The summed E-state index contributed by atoms with van der Waals surface area (Å²) in [5.74, 6) is -2.55. The number of nitrogens with zero attached hydrogens (tertiary/aromatic N) is 2. The first-order valence-electron chi connectivity index (χ1n) is 7.79. The molecule has 8 nitrogen and oxygen atoms in total. The fourth-order valence-corrected chi connectivity index (χ4v) is 2.42. The van der Waals surface area contributed by atoms with E-state index in [9.17, 15) is 14.4 Å². The van der Waals surface area contributed by atoms with Crippen molar-refractivity contribution >= 4 is 28.8 Å². The van der Waals surface area contributed by atoms with E-state index in [2.05, 4.69) is 9.97 Å². The molecule has 0 saturated heterocycles. The second kappa shape index (κ2) is 7.61. The number of esters is 3. The largest absolute Gasteiger partial charge is 0.464 e. The van der Waals surface area contributed by atoms with Crippen molar-refractivity contribution in [2.75, 3.05) is 14.2 Å². The molecule has 8 heteroatoms. The second-order valence-electron chi connectivity index (χ2n) is 5.28. The van der Waals surface area contributed by atoms with Gasteiger partial charge in [0.2, 0.25) is 0 Å². The van der Waals surface area contributed by atoms with E-state index in [1.165, 1.54) is 13.3 Å². The predicted molar refractivity (Wildman–Crippen MR) is 93.6 cm³/mol. The van der Waals surface area contributed by atoms with Crippen molar-refractivity contribution < 1.29 is 28.6 Å². The Morgan fingerprint density at radius 2 is 1.48 bits per heavy atom. The van der Waals surface area contributed by atoms with Crippen LogP contribution in [-0.4, -0.2) is 42.1 Å². The summed E-state index contributed by atoms with van der Waals surface area (Å²) in [6.45, 7) is 0. The second-order valence-corrected chi connectivity index (χ2v) is 5.28. The molecule has 0 atom stereocenters. The Hall–Kier alpha value is -3.81. The number of aromatic nitrogens is 2. The molecule has 3 aromatic rings. The number of hydrogen-bond donors (Lipinski definition) is 0. The van der Waals surface area contributed by atoms with Gasteiger partial charge < -0.3 is 14.2 Å². The average Bonchev–Trinajstić information content (AvgIpc) is 2.73. The molecule has 0 amide bonds. The van der Waals surface area contributed by atoms with E-state index in [4.69, 9.17) is 14.2 Å². The summed E-state index contributed by atoms with van der Waals surface area (Å²) in [6.07, 6.45) is 1.43. The molecule has 1 aromatic carbocycles. The summed E-state index contributed by atoms with van der Waals surface area (Å²) in [5.41, 5.74) is -0.110. The highest BCUT2D eigenvalue weighted by Crippen LogP contribution is 2.30. The normalized spacial score (nSPS) is 10.3. The number of methoxy groups -OCH3 is 2. The Morgan fingerprint density at radius 3 is 2.15 bits per heavy atom. The van der Waals surface area contributed by atoms with E-state index in [1.54, 1.807) is 42.5 Å². The fourth-order valence-electron chi connectivity index (χ4n) is 2.42. The molecule has 2 aromatic heterocycles. The van der Waals surface area contributed by atoms with Gasteiger partial charge in [0.25, 0.3) is 0 Å². The summed E-state index contributed by atoms with van der Waals surface area (Å²) >= 11 is 0. The molecular weight excluding hydrogens is 352 g/mol. The number of rotatable bonds is 4. The van der Waals surface area contributed by atoms with Crippen molar-refractivity contribution in [1.29, 1.82) is 0 Å². The van der Waals surface area contributed by atoms with Gasteiger partial charge in [-0.25, -0.2) is 19.4 Å². The van der Waals surface area contributed by atoms with Gasteiger partial charge in [0.1, 0.15) is 5.52 Å². The quantitative estimate of drug-likeness (QED) is 0.648. The number of carbonyl (C=O) groups is 3. The van der Waals surface area contributed by atoms with Crippen LogP contribution in [0.15, 0.2) is 48.7 Å². The van der Waals surface area contributed by atoms with Crippen molar-refractivity contribution in [3.05, 3.63) is 65.6 Å². The Balaban J connectivity index is 2.22. The minimum atomic E-state index is -0.886. The summed E-state index contributed by atoms with van der Waals surface area (Å²) in [6, 6.07) is 11.4. The highest BCUT2D eigenvalue weighted by molar-refractivity contribution is 6.08. The molecule has 0 spiro atoms. The number of hydrogen-bond acceptors (Lipinski definition) is 8. The van der Waals surface area contributed by atoms with Gasteiger partial charge in [-0.3, -0.25) is 4.98 Å². The van der Waals surface area contributed by atoms with Crippen LogP contribution in [0.5, 0.6) is 5.75 Å². The maximum atomic E-state index is 12.5. The van der Waals surface area contributed by atoms with Crippen molar-refractivity contribution in [2.45, 2.75) is 0 Å². The molecule has 0 unspecified atom stereocenters. The number of carbonyl (C=O) groups excluding carboxylic acids is 3. The third kappa shape index (κ3) is 3.45. The first kappa shape index (κ1) is 18.0. The zero-order chi connectivity index (χ0) is 19.4. The van der Waals surface area contributed by atoms with Crippen LogP contribution < -0.4 is 4.74 Å². The number of fused-ring (bicyclic) bond motifs is 1. The van der Waals surface area contributed by atoms with Gasteiger partial charge in [-0.15, -0.1) is 0 Å². The summed E-state index contributed by atoms with van der Waals surface area (Å²) in [4.78, 5) is 44.9. The van der Waals surface area contributed by atoms with Crippen LogP contribution >= 0.6 is 0 Å². The van der Waals surface area contributed by atoms with E-state index in [0.717, 1.165) is 7.11 Å². The van der Waals surface area contributed by atoms with Crippen LogP contribution in [0.25, 0.3) is 10.9 Å². The van der Waals surface area contributed by atoms with Gasteiger partial charge in [0.15, 0.2) is 17.1 Å². The van der Waals surface area contributed by atoms with Crippen LogP contribution in [0.2, 0.25) is 0 Å². The molecule has 0 aliphatic carbocycles. The minimum Gasteiger partial charge on any atom is -0.464 e. The van der Waals surface area contributed by atoms with Crippen LogP contribution in [0, 0.1) is 0 Å². The molecule has 0 saturated carbocycles. The Kier molecular flexibility index (Phi) is 5.07. The van der Waals surface area contributed by atoms with E-state index in [1.807, 2.05) is 0 Å². The zero-order valence-electron chi connectivity index (χ0n) is 14.5. The highest BCUT2D eigenvalue weighted by Gasteiger charge is 2.27. The smallest absolute Gasteiger partial charge is 0.360 e. The number of ether oxygens (including phenoxy) is 3. The lowest BCUT2D eigenvalue weighted by Gasteiger charge is -2.13. The van der Waals surface area contributed by atoms with E-state index in [0.29, 0.717) is 0 Å². The van der Waals surface area contributed by atoms with Gasteiger partial charge >= 0.3 is 17.9 Å². The standard InChI is InChI=1S/C19H14N2O6/c1-25-18(23)14-12-9-6-10-20-13(12)16(15(21-14)19(24)26-2)27-17(22)11-7-4-3-5-8-11/h3-10H,1-2H3. The van der Waals surface area contributed by atoms with Crippen LogP contribution in [0.4, 0.5) is 0 Å². The third-order valence-corrected chi connectivity index (χ3v) is 3.68. The molecule has 27 heavy (non-hydrogen) atoms. The minimum absolute atomic E-state index is 0.109. The number of pyridine rings is 2. The molecule has 3 rings (SSSR count). The molecule has 136 valence electrons. The third-order valence-electron chi connectivity index (χ3n) is 3.68. The van der Waals surface area contributed by atoms with Crippen LogP contribution in [0.1, 0.15) is 31.3 Å². The Bertz CT molecular complexity index is 1030. The highest BCUT2D eigenvalue weighted by atomic mass is 16.5. The van der Waals surface area contributed by atoms with E-state index >= 15 is 0 Å². The molecule has 0 bridgehead atoms. The molecular formula is C19H14N2O6. The van der Waals surface area contributed by atoms with Crippen molar-refractivity contribution in [2.24, 2.45) is 0 Å². The lowest BCUT2D eigenvalue weighted by atomic mass is 10.1. The van der Waals surface area contributed by atoms with Crippen molar-refractivity contribution in [3.63, 3.8) is 0 Å². The van der Waals surface area contributed by atoms with E-state index in [-0.39, 0.29) is 33.6 Å². The first-order valence-corrected chi connectivity index (χ1v) is 7.79. The van der Waals surface area contributed by atoms with Gasteiger partial charge in [-0.05, 0) is 24.3 Å². The molecule has 0 radical (unpaired) electrons. The summed E-state index contributed by atoms with van der Waals surface area (Å²) in [5, 5.41) is 0.271. The maximum absolute atomic E-state index is 12.5. The predicted octanol–water partition coefficient (Wildman–Crippen LogP) is 2.42. The van der Waals surface area contributed by atoms with Gasteiger partial charge in [-0.2, -0.15) is 0 Å². The molecule has 0 aliphatic heterocycles. The zero-order valence-corrected chi connectivity index (χ0v) is 14.5. The molecule has 2 heterocycles. The SMILES string of the molecule is COC(=O)c1nc(C(=O)OC)c2cccnc2c1OC(=O)c1ccccc1. The van der Waals surface area contributed by atoms with Gasteiger partial charge in [0, 0.05) is 11.6 Å². The van der Waals surface area contributed by atoms with Gasteiger partial charge in [0.05, 0.1) is 19.8 Å². The Morgan fingerprint density at radius 1 is 0.815 bits per heavy atom. The topological polar surface area (TPSA) is 105 Å². The van der Waals surface area contributed by atoms with Crippen LogP contribution in [-0.2, 0) is 9.47 Å². The molecule has 0 aliphatic rings. The monoisotopic (exact) mass is 366 g/mol. The van der Waals surface area contributed by atoms with Crippen LogP contribution in [0.3, 0.4) is 0 Å². The molecule has 0 N–H and O–H groups in total. The van der Waals surface area contributed by atoms with E-state index < -0.39 is 17.9 Å². The lowest BCUT2D eigenvalue weighted by molar-refractivity contribution is 0.0582. The van der Waals surface area contributed by atoms with Gasteiger partial charge in [-0.1, -0.05) is 18.2 Å². The fraction of sp³-hybridized carbons (Fsp3) is 0.105. The summed E-state index contributed by atoms with van der Waals surface area (Å²) in [7, 11) is 2.33. The van der Waals surface area contributed by atoms with Crippen molar-refractivity contribution in [1.82, 2.24) is 9.97 Å². The lowest BCUT2D eigenvalue weighted by Crippen LogP contribution is -2.17. The maximum Gasteiger partial charge on any atom is 0.360 e. The number of benzene rings is 1. The molecule has 0 fully saturated rings. The first-order chi connectivity index (χ1) is 13.1. The Labute approximate surface area is 153 Å². The summed E-state index contributed by atoms with van der Waals surface area (Å²) < 4.78 is 14.8. The van der Waals surface area contributed by atoms with Crippen molar-refractivity contribution in [3.8, 4) is 5.75 Å². The average molecular weight is 366 g/mol.